The topological polar surface area (TPSA) is 33.1 Å². The van der Waals surface area contributed by atoms with Gasteiger partial charge >= 0.3 is 0 Å². The maximum absolute atomic E-state index is 4.47. The monoisotopic (exact) mass is 264 g/mol. The van der Waals surface area contributed by atoms with Crippen molar-refractivity contribution >= 4 is 0 Å². The minimum atomic E-state index is 0.825. The van der Waals surface area contributed by atoms with E-state index in [1.165, 1.54) is 36.9 Å². The average Bonchev–Trinajstić information content (AvgIpc) is 3.03. The van der Waals surface area contributed by atoms with Gasteiger partial charge in [0.15, 0.2) is 0 Å². The third kappa shape index (κ3) is 4.05. The number of hydrogen-bond donors (Lipinski definition) is 1. The Bertz CT molecular complexity index is 379. The molecule has 1 aliphatic rings. The van der Waals surface area contributed by atoms with Gasteiger partial charge in [-0.05, 0) is 26.3 Å². The third-order valence-corrected chi connectivity index (χ3v) is 4.23. The van der Waals surface area contributed by atoms with Gasteiger partial charge in [-0.2, -0.15) is 5.10 Å². The molecule has 4 nitrogen and oxygen atoms in total. The molecule has 1 aliphatic carbocycles. The molecule has 0 amide bonds. The predicted octanol–water partition coefficient (Wildman–Crippen LogP) is 1.95. The number of aromatic nitrogens is 2. The summed E-state index contributed by atoms with van der Waals surface area (Å²) in [6.07, 6.45) is 8.75. The summed E-state index contributed by atoms with van der Waals surface area (Å²) in [5, 5.41) is 8.02. The summed E-state index contributed by atoms with van der Waals surface area (Å²) in [5.74, 6) is 0. The first kappa shape index (κ1) is 14.5. The highest BCUT2D eigenvalue weighted by atomic mass is 15.3. The zero-order valence-electron chi connectivity index (χ0n) is 12.7. The lowest BCUT2D eigenvalue weighted by atomic mass is 10.2. The highest BCUT2D eigenvalue weighted by Crippen LogP contribution is 2.21. The lowest BCUT2D eigenvalue weighted by Crippen LogP contribution is -2.35. The van der Waals surface area contributed by atoms with E-state index in [0.29, 0.717) is 0 Å². The Kier molecular flexibility index (Phi) is 5.40. The molecule has 4 heteroatoms. The van der Waals surface area contributed by atoms with Crippen molar-refractivity contribution in [1.29, 1.82) is 0 Å². The molecule has 0 unspecified atom stereocenters. The lowest BCUT2D eigenvalue weighted by Gasteiger charge is -2.23. The molecule has 1 N–H and O–H groups in total. The van der Waals surface area contributed by atoms with Crippen LogP contribution in [0.15, 0.2) is 6.20 Å². The van der Waals surface area contributed by atoms with Gasteiger partial charge < -0.3 is 10.2 Å². The number of rotatable bonds is 7. The molecule has 1 aromatic rings. The van der Waals surface area contributed by atoms with E-state index in [4.69, 9.17) is 0 Å². The Morgan fingerprint density at radius 2 is 2.16 bits per heavy atom. The Morgan fingerprint density at radius 3 is 2.84 bits per heavy atom. The Morgan fingerprint density at radius 1 is 1.42 bits per heavy atom. The van der Waals surface area contributed by atoms with Gasteiger partial charge in [-0.15, -0.1) is 0 Å². The van der Waals surface area contributed by atoms with Gasteiger partial charge in [0.05, 0.1) is 5.69 Å². The van der Waals surface area contributed by atoms with Crippen molar-refractivity contribution in [3.63, 3.8) is 0 Å². The third-order valence-electron chi connectivity index (χ3n) is 4.23. The molecule has 19 heavy (non-hydrogen) atoms. The van der Waals surface area contributed by atoms with Crippen LogP contribution in [0.3, 0.4) is 0 Å². The summed E-state index contributed by atoms with van der Waals surface area (Å²) < 4.78 is 1.92. The number of likely N-dealkylation sites (N-methyl/N-ethyl adjacent to an activating group) is 1. The van der Waals surface area contributed by atoms with E-state index in [2.05, 4.69) is 35.5 Å². The Labute approximate surface area is 117 Å². The van der Waals surface area contributed by atoms with Crippen molar-refractivity contribution in [2.45, 2.75) is 51.6 Å². The van der Waals surface area contributed by atoms with E-state index in [-0.39, 0.29) is 0 Å². The van der Waals surface area contributed by atoms with Crippen LogP contribution < -0.4 is 5.32 Å². The van der Waals surface area contributed by atoms with Gasteiger partial charge in [0.1, 0.15) is 0 Å². The first-order valence-electron chi connectivity index (χ1n) is 7.63. The molecule has 1 heterocycles. The number of nitrogens with one attached hydrogen (secondary N) is 1. The minimum Gasteiger partial charge on any atom is -0.311 e. The SMILES string of the molecule is CCc1nn(C)cc1CNCCN(C)C1CCCC1. The van der Waals surface area contributed by atoms with Gasteiger partial charge in [-0.3, -0.25) is 4.68 Å². The smallest absolute Gasteiger partial charge is 0.0666 e. The second kappa shape index (κ2) is 7.06. The van der Waals surface area contributed by atoms with Crippen molar-refractivity contribution in [2.75, 3.05) is 20.1 Å². The van der Waals surface area contributed by atoms with Crippen LogP contribution in [0.1, 0.15) is 43.9 Å². The van der Waals surface area contributed by atoms with E-state index in [1.807, 2.05) is 11.7 Å². The summed E-state index contributed by atoms with van der Waals surface area (Å²) in [6.45, 7) is 5.31. The first-order chi connectivity index (χ1) is 9.20. The van der Waals surface area contributed by atoms with Gasteiger partial charge in [0.2, 0.25) is 0 Å². The molecule has 0 saturated heterocycles. The van der Waals surface area contributed by atoms with Crippen LogP contribution in [0.25, 0.3) is 0 Å². The normalized spacial score (nSPS) is 16.6. The molecule has 0 aromatic carbocycles. The largest absolute Gasteiger partial charge is 0.311 e. The fourth-order valence-corrected chi connectivity index (χ4v) is 3.04. The zero-order chi connectivity index (χ0) is 13.7. The highest BCUT2D eigenvalue weighted by molar-refractivity contribution is 5.16. The Hall–Kier alpha value is -0.870. The van der Waals surface area contributed by atoms with E-state index in [0.717, 1.165) is 32.1 Å². The summed E-state index contributed by atoms with van der Waals surface area (Å²) in [5.41, 5.74) is 2.56. The first-order valence-corrected chi connectivity index (χ1v) is 7.63. The maximum atomic E-state index is 4.47. The molecule has 1 saturated carbocycles. The van der Waals surface area contributed by atoms with Crippen molar-refractivity contribution in [3.05, 3.63) is 17.5 Å². The molecule has 0 bridgehead atoms. The van der Waals surface area contributed by atoms with E-state index in [1.54, 1.807) is 0 Å². The van der Waals surface area contributed by atoms with Crippen LogP contribution in [-0.4, -0.2) is 40.9 Å². The second-order valence-electron chi connectivity index (χ2n) is 5.72. The molecular formula is C15H28N4. The standard InChI is InChI=1S/C15H28N4/c1-4-15-13(12-19(3)17-15)11-16-9-10-18(2)14-7-5-6-8-14/h12,14,16H,4-11H2,1-3H3. The number of hydrogen-bond acceptors (Lipinski definition) is 3. The molecule has 1 fully saturated rings. The van der Waals surface area contributed by atoms with Crippen molar-refractivity contribution in [2.24, 2.45) is 7.05 Å². The quantitative estimate of drug-likeness (QED) is 0.764. The van der Waals surface area contributed by atoms with Crippen LogP contribution in [0.2, 0.25) is 0 Å². The van der Waals surface area contributed by atoms with Gasteiger partial charge in [0.25, 0.3) is 0 Å². The fourth-order valence-electron chi connectivity index (χ4n) is 3.04. The minimum absolute atomic E-state index is 0.825. The molecular weight excluding hydrogens is 236 g/mol. The average molecular weight is 264 g/mol. The van der Waals surface area contributed by atoms with Crippen molar-refractivity contribution in [1.82, 2.24) is 20.0 Å². The van der Waals surface area contributed by atoms with Gasteiger partial charge in [0, 0.05) is 44.5 Å². The zero-order valence-corrected chi connectivity index (χ0v) is 12.7. The summed E-state index contributed by atoms with van der Waals surface area (Å²) in [6, 6.07) is 0.825. The van der Waals surface area contributed by atoms with Crippen LogP contribution >= 0.6 is 0 Å². The summed E-state index contributed by atoms with van der Waals surface area (Å²) in [7, 11) is 4.26. The van der Waals surface area contributed by atoms with Crippen LogP contribution in [0.5, 0.6) is 0 Å². The molecule has 2 rings (SSSR count). The lowest BCUT2D eigenvalue weighted by molar-refractivity contribution is 0.245. The summed E-state index contributed by atoms with van der Waals surface area (Å²) >= 11 is 0. The van der Waals surface area contributed by atoms with Crippen LogP contribution in [0, 0.1) is 0 Å². The predicted molar refractivity (Wildman–Crippen MR) is 79.2 cm³/mol. The molecule has 0 atom stereocenters. The van der Waals surface area contributed by atoms with E-state index >= 15 is 0 Å². The summed E-state index contributed by atoms with van der Waals surface area (Å²) in [4.78, 5) is 2.52. The van der Waals surface area contributed by atoms with Crippen molar-refractivity contribution < 1.29 is 0 Å². The molecule has 0 spiro atoms. The number of aryl methyl sites for hydroxylation is 2. The molecule has 0 radical (unpaired) electrons. The Balaban J connectivity index is 1.68. The van der Waals surface area contributed by atoms with Gasteiger partial charge in [-0.25, -0.2) is 0 Å². The van der Waals surface area contributed by atoms with E-state index in [9.17, 15) is 0 Å². The highest BCUT2D eigenvalue weighted by Gasteiger charge is 2.18. The molecule has 0 aliphatic heterocycles. The second-order valence-corrected chi connectivity index (χ2v) is 5.72. The molecule has 1 aromatic heterocycles. The fraction of sp³-hybridized carbons (Fsp3) is 0.800. The van der Waals surface area contributed by atoms with Crippen LogP contribution in [0.4, 0.5) is 0 Å². The maximum Gasteiger partial charge on any atom is 0.0666 e. The van der Waals surface area contributed by atoms with E-state index < -0.39 is 0 Å². The van der Waals surface area contributed by atoms with Crippen molar-refractivity contribution in [3.8, 4) is 0 Å². The molecule has 108 valence electrons. The van der Waals surface area contributed by atoms with Gasteiger partial charge in [-0.1, -0.05) is 19.8 Å². The van der Waals surface area contributed by atoms with Crippen LogP contribution in [-0.2, 0) is 20.0 Å². The number of nitrogens with zero attached hydrogens (tertiary/aromatic N) is 3.